The highest BCUT2D eigenvalue weighted by Gasteiger charge is 2.32. The molecule has 2 heterocycles. The first kappa shape index (κ1) is 14.3. The molecular weight excluding hydrogens is 260 g/mol. The summed E-state index contributed by atoms with van der Waals surface area (Å²) in [6.45, 7) is 4.11. The number of thioether (sulfide) groups is 1. The van der Waals surface area contributed by atoms with Crippen molar-refractivity contribution < 1.29 is 9.53 Å². The van der Waals surface area contributed by atoms with E-state index >= 15 is 0 Å². The first-order valence-electron chi connectivity index (χ1n) is 6.50. The lowest BCUT2D eigenvalue weighted by Gasteiger charge is -2.35. The van der Waals surface area contributed by atoms with Crippen LogP contribution in [-0.4, -0.2) is 41.7 Å². The van der Waals surface area contributed by atoms with E-state index < -0.39 is 0 Å². The maximum atomic E-state index is 12.1. The number of hydrogen-bond acceptors (Lipinski definition) is 4. The Morgan fingerprint density at radius 1 is 1.47 bits per heavy atom. The molecule has 1 saturated heterocycles. The molecule has 1 aliphatic heterocycles. The van der Waals surface area contributed by atoms with Crippen molar-refractivity contribution in [2.45, 2.75) is 24.5 Å². The van der Waals surface area contributed by atoms with Crippen LogP contribution in [0, 0.1) is 6.92 Å². The highest BCUT2D eigenvalue weighted by molar-refractivity contribution is 8.00. The van der Waals surface area contributed by atoms with Crippen LogP contribution in [0.4, 0.5) is 0 Å². The second-order valence-corrected chi connectivity index (χ2v) is 6.12. The van der Waals surface area contributed by atoms with E-state index in [4.69, 9.17) is 4.74 Å². The van der Waals surface area contributed by atoms with Crippen molar-refractivity contribution in [3.05, 3.63) is 29.6 Å². The first-order chi connectivity index (χ1) is 9.15. The summed E-state index contributed by atoms with van der Waals surface area (Å²) in [5.41, 5.74) is 1.35. The molecule has 104 valence electrons. The standard InChI is InChI=1S/C14H20N2O2S/c1-11-4-3-5-12(16-11)13(17)15-10-14(19-2)6-8-18-9-7-14/h3-5H,6-10H2,1-2H3,(H,15,17). The van der Waals surface area contributed by atoms with E-state index in [1.165, 1.54) is 0 Å². The summed E-state index contributed by atoms with van der Waals surface area (Å²) in [7, 11) is 0. The van der Waals surface area contributed by atoms with Crippen LogP contribution in [0.15, 0.2) is 18.2 Å². The molecule has 0 spiro atoms. The highest BCUT2D eigenvalue weighted by atomic mass is 32.2. The predicted molar refractivity (Wildman–Crippen MR) is 77.6 cm³/mol. The number of rotatable bonds is 4. The summed E-state index contributed by atoms with van der Waals surface area (Å²) in [5, 5.41) is 3.01. The van der Waals surface area contributed by atoms with Crippen LogP contribution in [0.1, 0.15) is 29.0 Å². The van der Waals surface area contributed by atoms with Gasteiger partial charge in [0.1, 0.15) is 5.69 Å². The molecule has 1 aliphatic rings. The Morgan fingerprint density at radius 2 is 2.21 bits per heavy atom. The topological polar surface area (TPSA) is 51.2 Å². The third-order valence-corrected chi connectivity index (χ3v) is 4.95. The summed E-state index contributed by atoms with van der Waals surface area (Å²) in [6, 6.07) is 5.49. The Labute approximate surface area is 118 Å². The van der Waals surface area contributed by atoms with Crippen LogP contribution in [0.25, 0.3) is 0 Å². The predicted octanol–water partition coefficient (Wildman–Crippen LogP) is 2.03. The van der Waals surface area contributed by atoms with Crippen molar-refractivity contribution in [3.63, 3.8) is 0 Å². The molecule has 4 nitrogen and oxygen atoms in total. The zero-order valence-electron chi connectivity index (χ0n) is 11.4. The van der Waals surface area contributed by atoms with E-state index in [0.29, 0.717) is 12.2 Å². The molecule has 5 heteroatoms. The van der Waals surface area contributed by atoms with Crippen molar-refractivity contribution in [1.29, 1.82) is 0 Å². The van der Waals surface area contributed by atoms with Crippen LogP contribution in [0.5, 0.6) is 0 Å². The van der Waals surface area contributed by atoms with Gasteiger partial charge in [0.05, 0.1) is 0 Å². The quantitative estimate of drug-likeness (QED) is 0.917. The SMILES string of the molecule is CSC1(CNC(=O)c2cccc(C)n2)CCOCC1. The third-order valence-electron chi connectivity index (χ3n) is 3.53. The molecule has 2 rings (SSSR count). The second-order valence-electron chi connectivity index (χ2n) is 4.85. The molecule has 0 radical (unpaired) electrons. The van der Waals surface area contributed by atoms with E-state index in [2.05, 4.69) is 16.6 Å². The number of pyridine rings is 1. The number of carbonyl (C=O) groups is 1. The Balaban J connectivity index is 1.95. The Morgan fingerprint density at radius 3 is 2.84 bits per heavy atom. The summed E-state index contributed by atoms with van der Waals surface area (Å²) in [6.07, 6.45) is 4.06. The minimum Gasteiger partial charge on any atom is -0.381 e. The molecule has 0 aliphatic carbocycles. The number of aryl methyl sites for hydroxylation is 1. The molecule has 1 aromatic heterocycles. The van der Waals surface area contributed by atoms with E-state index in [9.17, 15) is 4.79 Å². The normalized spacial score (nSPS) is 18.0. The lowest BCUT2D eigenvalue weighted by atomic mass is 9.99. The van der Waals surface area contributed by atoms with Crippen molar-refractivity contribution >= 4 is 17.7 Å². The van der Waals surface area contributed by atoms with Gasteiger partial charge in [0.25, 0.3) is 5.91 Å². The largest absolute Gasteiger partial charge is 0.381 e. The smallest absolute Gasteiger partial charge is 0.269 e. The fraction of sp³-hybridized carbons (Fsp3) is 0.571. The summed E-state index contributed by atoms with van der Waals surface area (Å²) < 4.78 is 5.50. The van der Waals surface area contributed by atoms with Crippen LogP contribution in [-0.2, 0) is 4.74 Å². The monoisotopic (exact) mass is 280 g/mol. The maximum absolute atomic E-state index is 12.1. The van der Waals surface area contributed by atoms with Gasteiger partial charge in [0.2, 0.25) is 0 Å². The Kier molecular flexibility index (Phi) is 4.82. The van der Waals surface area contributed by atoms with Crippen molar-refractivity contribution in [2.75, 3.05) is 26.0 Å². The molecule has 1 N–H and O–H groups in total. The van der Waals surface area contributed by atoms with Gasteiger partial charge in [0.15, 0.2) is 0 Å². The van der Waals surface area contributed by atoms with Crippen LogP contribution >= 0.6 is 11.8 Å². The third kappa shape index (κ3) is 3.70. The van der Waals surface area contributed by atoms with E-state index in [-0.39, 0.29) is 10.7 Å². The molecule has 0 saturated carbocycles. The number of ether oxygens (including phenoxy) is 1. The van der Waals surface area contributed by atoms with Crippen LogP contribution < -0.4 is 5.32 Å². The Hall–Kier alpha value is -1.07. The van der Waals surface area contributed by atoms with Gasteiger partial charge < -0.3 is 10.1 Å². The average Bonchev–Trinajstić information content (AvgIpc) is 2.46. The second kappa shape index (κ2) is 6.39. The van der Waals surface area contributed by atoms with Gasteiger partial charge in [-0.3, -0.25) is 4.79 Å². The van der Waals surface area contributed by atoms with Gasteiger partial charge in [-0.1, -0.05) is 6.07 Å². The summed E-state index contributed by atoms with van der Waals surface area (Å²) in [4.78, 5) is 16.3. The molecule has 0 unspecified atom stereocenters. The fourth-order valence-corrected chi connectivity index (χ4v) is 2.99. The van der Waals surface area contributed by atoms with E-state index in [1.54, 1.807) is 6.07 Å². The number of carbonyl (C=O) groups excluding carboxylic acids is 1. The molecule has 1 fully saturated rings. The minimum absolute atomic E-state index is 0.0939. The average molecular weight is 280 g/mol. The van der Waals surface area contributed by atoms with Gasteiger partial charge in [-0.05, 0) is 38.2 Å². The molecule has 1 amide bonds. The zero-order chi connectivity index (χ0) is 13.7. The minimum atomic E-state index is -0.0939. The van der Waals surface area contributed by atoms with Gasteiger partial charge in [-0.15, -0.1) is 0 Å². The Bertz CT molecular complexity index is 445. The molecule has 0 atom stereocenters. The number of nitrogens with zero attached hydrogens (tertiary/aromatic N) is 1. The number of hydrogen-bond donors (Lipinski definition) is 1. The summed E-state index contributed by atoms with van der Waals surface area (Å²) in [5.74, 6) is -0.0939. The molecule has 1 aromatic rings. The lowest BCUT2D eigenvalue weighted by molar-refractivity contribution is 0.0741. The van der Waals surface area contributed by atoms with E-state index in [0.717, 1.165) is 31.7 Å². The highest BCUT2D eigenvalue weighted by Crippen LogP contribution is 2.32. The van der Waals surface area contributed by atoms with Crippen molar-refractivity contribution in [3.8, 4) is 0 Å². The van der Waals surface area contributed by atoms with Crippen molar-refractivity contribution in [1.82, 2.24) is 10.3 Å². The van der Waals surface area contributed by atoms with Crippen LogP contribution in [0.2, 0.25) is 0 Å². The van der Waals surface area contributed by atoms with Crippen molar-refractivity contribution in [2.24, 2.45) is 0 Å². The lowest BCUT2D eigenvalue weighted by Crippen LogP contribution is -2.44. The number of aromatic nitrogens is 1. The van der Waals surface area contributed by atoms with Crippen LogP contribution in [0.3, 0.4) is 0 Å². The van der Waals surface area contributed by atoms with Gasteiger partial charge >= 0.3 is 0 Å². The maximum Gasteiger partial charge on any atom is 0.269 e. The van der Waals surface area contributed by atoms with E-state index in [1.807, 2.05) is 30.8 Å². The summed E-state index contributed by atoms with van der Waals surface area (Å²) >= 11 is 1.82. The molecule has 0 aromatic carbocycles. The molecule has 19 heavy (non-hydrogen) atoms. The van der Waals surface area contributed by atoms with Gasteiger partial charge in [-0.25, -0.2) is 4.98 Å². The number of nitrogens with one attached hydrogen (secondary N) is 1. The zero-order valence-corrected chi connectivity index (χ0v) is 12.3. The molecule has 0 bridgehead atoms. The van der Waals surface area contributed by atoms with Gasteiger partial charge in [0, 0.05) is 30.2 Å². The first-order valence-corrected chi connectivity index (χ1v) is 7.72. The van der Waals surface area contributed by atoms with Gasteiger partial charge in [-0.2, -0.15) is 11.8 Å². The molecular formula is C14H20N2O2S. The number of amides is 1. The fourth-order valence-electron chi connectivity index (χ4n) is 2.20.